The Balaban J connectivity index is 1.89. The summed E-state index contributed by atoms with van der Waals surface area (Å²) in [6.07, 6.45) is 4.21. The Morgan fingerprint density at radius 1 is 1.07 bits per heavy atom. The van der Waals surface area contributed by atoms with E-state index < -0.39 is 11.9 Å². The molecule has 3 rings (SSSR count). The minimum atomic E-state index is -1.28. The maximum Gasteiger partial charge on any atom is 0.259 e. The molecule has 1 aromatic carbocycles. The topological polar surface area (TPSA) is 108 Å². The summed E-state index contributed by atoms with van der Waals surface area (Å²) in [5.41, 5.74) is 2.00. The van der Waals surface area contributed by atoms with Crippen LogP contribution in [0.15, 0.2) is 24.3 Å². The van der Waals surface area contributed by atoms with E-state index in [1.165, 1.54) is 11.3 Å². The molecule has 2 amide bonds. The average Bonchev–Trinajstić information content (AvgIpc) is 2.88. The standard InChI is InChI=1S/C22H26N2O5S/c1-2-29-16-10-7-6-9-15(16)23-21(28)20-14-8-4-3-5-11-17(14)30-22(20)24-18(25)12-13-19(26)27/h6-7,9-10H,2-5,8,11-13H2,1H3,(H,23,28)(H,24,25)(H,26,27)/p-1. The van der Waals surface area contributed by atoms with Crippen molar-refractivity contribution in [1.29, 1.82) is 0 Å². The number of carboxylic acid groups (broad SMARTS) is 1. The zero-order valence-corrected chi connectivity index (χ0v) is 17.7. The van der Waals surface area contributed by atoms with E-state index in [1.807, 2.05) is 19.1 Å². The third-order valence-electron chi connectivity index (χ3n) is 4.89. The van der Waals surface area contributed by atoms with Crippen LogP contribution in [0.5, 0.6) is 5.75 Å². The maximum atomic E-state index is 13.3. The molecule has 0 bridgehead atoms. The van der Waals surface area contributed by atoms with Crippen LogP contribution in [-0.4, -0.2) is 24.4 Å². The molecule has 30 heavy (non-hydrogen) atoms. The zero-order chi connectivity index (χ0) is 21.5. The van der Waals surface area contributed by atoms with Crippen molar-refractivity contribution in [1.82, 2.24) is 0 Å². The van der Waals surface area contributed by atoms with Crippen LogP contribution in [0.4, 0.5) is 10.7 Å². The summed E-state index contributed by atoms with van der Waals surface area (Å²) in [5.74, 6) is -1.46. The lowest BCUT2D eigenvalue weighted by molar-refractivity contribution is -0.305. The third kappa shape index (κ3) is 5.38. The summed E-state index contributed by atoms with van der Waals surface area (Å²) in [5, 5.41) is 16.8. The van der Waals surface area contributed by atoms with E-state index in [-0.39, 0.29) is 18.7 Å². The molecule has 1 aliphatic rings. The van der Waals surface area contributed by atoms with Crippen molar-refractivity contribution in [3.05, 3.63) is 40.3 Å². The molecule has 2 N–H and O–H groups in total. The third-order valence-corrected chi connectivity index (χ3v) is 6.10. The van der Waals surface area contributed by atoms with E-state index in [1.54, 1.807) is 12.1 Å². The summed E-state index contributed by atoms with van der Waals surface area (Å²) in [7, 11) is 0. The molecule has 1 aliphatic carbocycles. The van der Waals surface area contributed by atoms with Crippen molar-refractivity contribution in [3.8, 4) is 5.75 Å². The van der Waals surface area contributed by atoms with Crippen LogP contribution < -0.4 is 20.5 Å². The fraction of sp³-hybridized carbons (Fsp3) is 0.409. The first-order chi connectivity index (χ1) is 14.5. The number of fused-ring (bicyclic) bond motifs is 1. The minimum absolute atomic E-state index is 0.195. The molecule has 8 heteroatoms. The molecule has 0 saturated heterocycles. The minimum Gasteiger partial charge on any atom is -0.550 e. The van der Waals surface area contributed by atoms with Crippen LogP contribution in [0.1, 0.15) is 59.8 Å². The number of ether oxygens (including phenoxy) is 1. The van der Waals surface area contributed by atoms with Crippen LogP contribution in [0.2, 0.25) is 0 Å². The highest BCUT2D eigenvalue weighted by Crippen LogP contribution is 2.38. The van der Waals surface area contributed by atoms with Gasteiger partial charge in [-0.2, -0.15) is 0 Å². The summed E-state index contributed by atoms with van der Waals surface area (Å²) in [4.78, 5) is 37.2. The van der Waals surface area contributed by atoms with Gasteiger partial charge in [-0.15, -0.1) is 11.3 Å². The Morgan fingerprint density at radius 2 is 1.83 bits per heavy atom. The summed E-state index contributed by atoms with van der Waals surface area (Å²) < 4.78 is 5.59. The molecule has 1 aromatic heterocycles. The second kappa shape index (κ2) is 10.2. The fourth-order valence-electron chi connectivity index (χ4n) is 3.51. The zero-order valence-electron chi connectivity index (χ0n) is 16.9. The normalized spacial score (nSPS) is 13.1. The van der Waals surface area contributed by atoms with Gasteiger partial charge in [-0.3, -0.25) is 9.59 Å². The number of amides is 2. The summed E-state index contributed by atoms with van der Waals surface area (Å²) in [6.45, 7) is 2.35. The first kappa shape index (κ1) is 21.8. The van der Waals surface area contributed by atoms with E-state index in [0.29, 0.717) is 28.6 Å². The van der Waals surface area contributed by atoms with Gasteiger partial charge < -0.3 is 25.3 Å². The number of anilines is 2. The number of aliphatic carboxylic acids is 1. The molecule has 160 valence electrons. The molecule has 0 unspecified atom stereocenters. The Kier molecular flexibility index (Phi) is 7.46. The SMILES string of the molecule is CCOc1ccccc1NC(=O)c1c(NC(=O)CCC(=O)[O-])sc2c1CCCCC2. The molecular weight excluding hydrogens is 404 g/mol. The number of nitrogens with one attached hydrogen (secondary N) is 2. The van der Waals surface area contributed by atoms with Crippen molar-refractivity contribution in [3.63, 3.8) is 0 Å². The van der Waals surface area contributed by atoms with Gasteiger partial charge in [-0.25, -0.2) is 0 Å². The number of hydrogen-bond acceptors (Lipinski definition) is 6. The van der Waals surface area contributed by atoms with Gasteiger partial charge in [0.15, 0.2) is 0 Å². The Hall–Kier alpha value is -2.87. The largest absolute Gasteiger partial charge is 0.550 e. The molecule has 2 aromatic rings. The molecule has 1 heterocycles. The molecule has 0 aliphatic heterocycles. The highest BCUT2D eigenvalue weighted by molar-refractivity contribution is 7.17. The van der Waals surface area contributed by atoms with Crippen molar-refractivity contribution < 1.29 is 24.2 Å². The van der Waals surface area contributed by atoms with E-state index in [0.717, 1.165) is 42.5 Å². The summed E-state index contributed by atoms with van der Waals surface area (Å²) in [6, 6.07) is 7.21. The smallest absolute Gasteiger partial charge is 0.259 e. The lowest BCUT2D eigenvalue weighted by Crippen LogP contribution is -2.24. The van der Waals surface area contributed by atoms with Crippen LogP contribution >= 0.6 is 11.3 Å². The number of benzene rings is 1. The first-order valence-electron chi connectivity index (χ1n) is 10.2. The van der Waals surface area contributed by atoms with Gasteiger partial charge in [0.2, 0.25) is 5.91 Å². The molecule has 0 atom stereocenters. The predicted octanol–water partition coefficient (Wildman–Crippen LogP) is 3.14. The Morgan fingerprint density at radius 3 is 2.60 bits per heavy atom. The number of thiophene rings is 1. The molecule has 7 nitrogen and oxygen atoms in total. The molecular formula is C22H25N2O5S-. The van der Waals surface area contributed by atoms with Crippen LogP contribution in [0, 0.1) is 0 Å². The monoisotopic (exact) mass is 429 g/mol. The predicted molar refractivity (Wildman–Crippen MR) is 114 cm³/mol. The van der Waals surface area contributed by atoms with Gasteiger partial charge in [0, 0.05) is 17.3 Å². The number of hydrogen-bond donors (Lipinski definition) is 2. The molecule has 0 fully saturated rings. The number of aryl methyl sites for hydroxylation is 1. The summed E-state index contributed by atoms with van der Waals surface area (Å²) >= 11 is 1.40. The molecule has 0 spiro atoms. The van der Waals surface area contributed by atoms with Crippen LogP contribution in [0.25, 0.3) is 0 Å². The number of rotatable bonds is 8. The van der Waals surface area contributed by atoms with Crippen LogP contribution in [-0.2, 0) is 22.4 Å². The average molecular weight is 430 g/mol. The van der Waals surface area contributed by atoms with Gasteiger partial charge in [-0.05, 0) is 56.7 Å². The number of para-hydroxylation sites is 2. The lowest BCUT2D eigenvalue weighted by atomic mass is 10.0. The highest BCUT2D eigenvalue weighted by Gasteiger charge is 2.26. The number of carbonyl (C=O) groups excluding carboxylic acids is 3. The highest BCUT2D eigenvalue weighted by atomic mass is 32.1. The Labute approximate surface area is 179 Å². The van der Waals surface area contributed by atoms with Crippen LogP contribution in [0.3, 0.4) is 0 Å². The number of carbonyl (C=O) groups is 3. The number of carboxylic acids is 1. The van der Waals surface area contributed by atoms with E-state index in [2.05, 4.69) is 10.6 Å². The van der Waals surface area contributed by atoms with Gasteiger partial charge in [-0.1, -0.05) is 18.6 Å². The van der Waals surface area contributed by atoms with Crippen molar-refractivity contribution >= 4 is 39.8 Å². The van der Waals surface area contributed by atoms with Crippen molar-refractivity contribution in [2.24, 2.45) is 0 Å². The second-order valence-electron chi connectivity index (χ2n) is 7.07. The van der Waals surface area contributed by atoms with E-state index in [4.69, 9.17) is 4.74 Å². The van der Waals surface area contributed by atoms with Crippen molar-refractivity contribution in [2.45, 2.75) is 51.9 Å². The quantitative estimate of drug-likeness (QED) is 0.627. The lowest BCUT2D eigenvalue weighted by Gasteiger charge is -2.13. The maximum absolute atomic E-state index is 13.3. The van der Waals surface area contributed by atoms with Crippen molar-refractivity contribution in [2.75, 3.05) is 17.2 Å². The van der Waals surface area contributed by atoms with E-state index in [9.17, 15) is 19.5 Å². The second-order valence-corrected chi connectivity index (χ2v) is 8.18. The Bertz CT molecular complexity index is 938. The fourth-order valence-corrected chi connectivity index (χ4v) is 4.81. The van der Waals surface area contributed by atoms with E-state index >= 15 is 0 Å². The first-order valence-corrected chi connectivity index (χ1v) is 11.0. The molecule has 0 radical (unpaired) electrons. The van der Waals surface area contributed by atoms with Gasteiger partial charge >= 0.3 is 0 Å². The van der Waals surface area contributed by atoms with Gasteiger partial charge in [0.1, 0.15) is 10.8 Å². The van der Waals surface area contributed by atoms with Gasteiger partial charge in [0.25, 0.3) is 5.91 Å². The van der Waals surface area contributed by atoms with Gasteiger partial charge in [0.05, 0.1) is 17.9 Å². The molecule has 0 saturated carbocycles.